The first kappa shape index (κ1) is 20.9. The molecule has 0 saturated heterocycles. The van der Waals surface area contributed by atoms with Crippen molar-refractivity contribution >= 4 is 27.8 Å². The van der Waals surface area contributed by atoms with E-state index in [9.17, 15) is 13.2 Å². The van der Waals surface area contributed by atoms with E-state index in [1.54, 1.807) is 54.6 Å². The Balaban J connectivity index is 2.04. The molecule has 0 unspecified atom stereocenters. The predicted molar refractivity (Wildman–Crippen MR) is 107 cm³/mol. The highest BCUT2D eigenvalue weighted by Gasteiger charge is 2.28. The van der Waals surface area contributed by atoms with Crippen LogP contribution in [-0.2, 0) is 14.8 Å². The van der Waals surface area contributed by atoms with Gasteiger partial charge in [-0.15, -0.1) is 0 Å². The highest BCUT2D eigenvalue weighted by Crippen LogP contribution is 2.20. The number of hydrogen-bond donors (Lipinski definition) is 1. The lowest BCUT2D eigenvalue weighted by Crippen LogP contribution is -2.46. The Kier molecular flexibility index (Phi) is 7.12. The van der Waals surface area contributed by atoms with Crippen molar-refractivity contribution in [2.45, 2.75) is 13.0 Å². The molecule has 0 aliphatic rings. The van der Waals surface area contributed by atoms with Gasteiger partial charge in [-0.25, -0.2) is 13.8 Å². The van der Waals surface area contributed by atoms with Gasteiger partial charge in [0.25, 0.3) is 5.91 Å². The molecular formula is C19H20N4O4S. The summed E-state index contributed by atoms with van der Waals surface area (Å²) in [6, 6.07) is 16.0. The summed E-state index contributed by atoms with van der Waals surface area (Å²) >= 11 is 0. The van der Waals surface area contributed by atoms with Crippen LogP contribution in [0.25, 0.3) is 0 Å². The summed E-state index contributed by atoms with van der Waals surface area (Å²) < 4.78 is 30.5. The number of carbonyl (C=O) groups excluding carboxylic acids is 1. The van der Waals surface area contributed by atoms with Gasteiger partial charge < -0.3 is 4.74 Å². The van der Waals surface area contributed by atoms with Crippen LogP contribution in [0.5, 0.6) is 5.75 Å². The Bertz CT molecular complexity index is 967. The van der Waals surface area contributed by atoms with Crippen molar-refractivity contribution in [1.82, 2.24) is 5.43 Å². The zero-order valence-corrected chi connectivity index (χ0v) is 16.3. The number of rotatable bonds is 8. The highest BCUT2D eigenvalue weighted by molar-refractivity contribution is 7.92. The van der Waals surface area contributed by atoms with Crippen molar-refractivity contribution in [2.75, 3.05) is 17.2 Å². The molecule has 8 nitrogen and oxygen atoms in total. The van der Waals surface area contributed by atoms with Gasteiger partial charge in [-0.3, -0.25) is 9.10 Å². The van der Waals surface area contributed by atoms with Crippen molar-refractivity contribution in [3.05, 3.63) is 60.2 Å². The van der Waals surface area contributed by atoms with Crippen LogP contribution >= 0.6 is 0 Å². The topological polar surface area (TPSA) is 112 Å². The summed E-state index contributed by atoms with van der Waals surface area (Å²) in [5, 5.41) is 12.4. The van der Waals surface area contributed by atoms with E-state index in [0.717, 1.165) is 10.6 Å². The Morgan fingerprint density at radius 3 is 2.46 bits per heavy atom. The number of benzene rings is 2. The molecule has 0 saturated carbocycles. The molecule has 0 aliphatic carbocycles. The van der Waals surface area contributed by atoms with E-state index in [2.05, 4.69) is 10.5 Å². The van der Waals surface area contributed by atoms with E-state index in [4.69, 9.17) is 10.00 Å². The minimum Gasteiger partial charge on any atom is -0.479 e. The monoisotopic (exact) mass is 400 g/mol. The second kappa shape index (κ2) is 9.53. The number of sulfonamides is 1. The van der Waals surface area contributed by atoms with Gasteiger partial charge in [0, 0.05) is 0 Å². The molecule has 1 amide bonds. The molecule has 0 fully saturated rings. The average Bonchev–Trinajstić information content (AvgIpc) is 2.67. The fraction of sp³-hybridized carbons (Fsp3) is 0.211. The third kappa shape index (κ3) is 5.82. The largest absolute Gasteiger partial charge is 0.479 e. The third-order valence-corrected chi connectivity index (χ3v) is 4.91. The quantitative estimate of drug-likeness (QED) is 0.537. The smallest absolute Gasteiger partial charge is 0.263 e. The number of ether oxygens (including phenoxy) is 1. The first-order valence-corrected chi connectivity index (χ1v) is 10.1. The molecule has 0 heterocycles. The van der Waals surface area contributed by atoms with Crippen LogP contribution < -0.4 is 14.5 Å². The Morgan fingerprint density at radius 1 is 1.25 bits per heavy atom. The van der Waals surface area contributed by atoms with Gasteiger partial charge in [0.2, 0.25) is 10.0 Å². The molecule has 2 rings (SSSR count). The standard InChI is InChI=1S/C19H20N4O4S/c1-15(23(28(2,25)26)17-6-4-3-5-7-17)19(24)22-21-14-16-8-10-18(11-9-16)27-13-12-20/h3-11,14-15H,13H2,1-2H3,(H,22,24)/b21-14-/t15-/m1/s1. The molecular weight excluding hydrogens is 380 g/mol. The summed E-state index contributed by atoms with van der Waals surface area (Å²) in [4.78, 5) is 12.4. The van der Waals surface area contributed by atoms with Crippen LogP contribution in [0, 0.1) is 11.3 Å². The van der Waals surface area contributed by atoms with Crippen LogP contribution in [0.15, 0.2) is 59.7 Å². The maximum Gasteiger partial charge on any atom is 0.263 e. The molecule has 0 spiro atoms. The normalized spacial score (nSPS) is 12.2. The highest BCUT2D eigenvalue weighted by atomic mass is 32.2. The summed E-state index contributed by atoms with van der Waals surface area (Å²) in [7, 11) is -3.67. The zero-order valence-electron chi connectivity index (χ0n) is 15.4. The summed E-state index contributed by atoms with van der Waals surface area (Å²) in [5.74, 6) is -0.0254. The minimum atomic E-state index is -3.67. The molecule has 0 radical (unpaired) electrons. The Hall–Kier alpha value is -3.38. The van der Waals surface area contributed by atoms with Crippen molar-refractivity contribution in [1.29, 1.82) is 5.26 Å². The van der Waals surface area contributed by atoms with Crippen molar-refractivity contribution in [2.24, 2.45) is 5.10 Å². The number of para-hydroxylation sites is 1. The van der Waals surface area contributed by atoms with Gasteiger partial charge in [-0.2, -0.15) is 10.4 Å². The lowest BCUT2D eigenvalue weighted by molar-refractivity contribution is -0.121. The lowest BCUT2D eigenvalue weighted by atomic mass is 10.2. The SMILES string of the molecule is C[C@H](C(=O)N/N=C\c1ccc(OCC#N)cc1)N(c1ccccc1)S(C)(=O)=O. The van der Waals surface area contributed by atoms with Crippen LogP contribution in [0.1, 0.15) is 12.5 Å². The lowest BCUT2D eigenvalue weighted by Gasteiger charge is -2.27. The number of nitrogens with one attached hydrogen (secondary N) is 1. The van der Waals surface area contributed by atoms with E-state index < -0.39 is 22.0 Å². The molecule has 28 heavy (non-hydrogen) atoms. The fourth-order valence-electron chi connectivity index (χ4n) is 2.41. The summed E-state index contributed by atoms with van der Waals surface area (Å²) in [6.45, 7) is 1.44. The van der Waals surface area contributed by atoms with Crippen LogP contribution in [0.4, 0.5) is 5.69 Å². The molecule has 146 valence electrons. The van der Waals surface area contributed by atoms with Crippen LogP contribution in [-0.4, -0.2) is 39.4 Å². The van der Waals surface area contributed by atoms with Gasteiger partial charge in [0.05, 0.1) is 18.2 Å². The van der Waals surface area contributed by atoms with Gasteiger partial charge in [-0.05, 0) is 48.9 Å². The van der Waals surface area contributed by atoms with E-state index in [1.807, 2.05) is 6.07 Å². The van der Waals surface area contributed by atoms with E-state index in [0.29, 0.717) is 17.0 Å². The van der Waals surface area contributed by atoms with Gasteiger partial charge in [0.1, 0.15) is 17.9 Å². The van der Waals surface area contributed by atoms with Crippen LogP contribution in [0.2, 0.25) is 0 Å². The Labute approximate surface area is 164 Å². The molecule has 1 N–H and O–H groups in total. The van der Waals surface area contributed by atoms with E-state index >= 15 is 0 Å². The average molecular weight is 400 g/mol. The number of nitriles is 1. The number of nitrogens with zero attached hydrogens (tertiary/aromatic N) is 3. The second-order valence-electron chi connectivity index (χ2n) is 5.82. The molecule has 2 aromatic rings. The molecule has 2 aromatic carbocycles. The van der Waals surface area contributed by atoms with Gasteiger partial charge >= 0.3 is 0 Å². The molecule has 0 aliphatic heterocycles. The first-order valence-electron chi connectivity index (χ1n) is 8.30. The second-order valence-corrected chi connectivity index (χ2v) is 7.68. The fourth-order valence-corrected chi connectivity index (χ4v) is 3.59. The zero-order chi connectivity index (χ0) is 20.6. The summed E-state index contributed by atoms with van der Waals surface area (Å²) in [6.07, 6.45) is 2.47. The number of hydrazone groups is 1. The summed E-state index contributed by atoms with van der Waals surface area (Å²) in [5.41, 5.74) is 3.44. The van der Waals surface area contributed by atoms with Gasteiger partial charge in [0.15, 0.2) is 6.61 Å². The van der Waals surface area contributed by atoms with Crippen LogP contribution in [0.3, 0.4) is 0 Å². The minimum absolute atomic E-state index is 0.0420. The van der Waals surface area contributed by atoms with E-state index in [1.165, 1.54) is 13.1 Å². The van der Waals surface area contributed by atoms with Gasteiger partial charge in [-0.1, -0.05) is 18.2 Å². The number of carbonyl (C=O) groups is 1. The van der Waals surface area contributed by atoms with Crippen molar-refractivity contribution < 1.29 is 17.9 Å². The first-order chi connectivity index (χ1) is 13.3. The molecule has 9 heteroatoms. The number of amides is 1. The van der Waals surface area contributed by atoms with Crippen molar-refractivity contribution in [3.8, 4) is 11.8 Å². The maximum absolute atomic E-state index is 12.4. The van der Waals surface area contributed by atoms with Crippen molar-refractivity contribution in [3.63, 3.8) is 0 Å². The predicted octanol–water partition coefficient (Wildman–Crippen LogP) is 1.89. The molecule has 1 atom stereocenters. The molecule has 0 aromatic heterocycles. The van der Waals surface area contributed by atoms with E-state index in [-0.39, 0.29) is 6.61 Å². The number of anilines is 1. The maximum atomic E-state index is 12.4. The number of hydrogen-bond acceptors (Lipinski definition) is 6. The molecule has 0 bridgehead atoms. The third-order valence-electron chi connectivity index (χ3n) is 3.67. The Morgan fingerprint density at radius 2 is 1.89 bits per heavy atom.